The van der Waals surface area contributed by atoms with Crippen LogP contribution in [0.5, 0.6) is 0 Å². The second-order valence-electron chi connectivity index (χ2n) is 6.34. The maximum atomic E-state index is 12.0. The first kappa shape index (κ1) is 16.6. The van der Waals surface area contributed by atoms with E-state index in [1.165, 1.54) is 0 Å². The van der Waals surface area contributed by atoms with Gasteiger partial charge in [0.15, 0.2) is 0 Å². The Morgan fingerprint density at radius 2 is 1.77 bits per heavy atom. The maximum Gasteiger partial charge on any atom is 0.321 e. The van der Waals surface area contributed by atoms with E-state index in [0.29, 0.717) is 0 Å². The zero-order valence-electron chi connectivity index (χ0n) is 14.2. The monoisotopic (exact) mass is 305 g/mol. The molecule has 122 valence electrons. The molecule has 1 aromatic carbocycles. The van der Waals surface area contributed by atoms with Gasteiger partial charge in [-0.3, -0.25) is 0 Å². The minimum atomic E-state index is -0.0867. The third-order valence-electron chi connectivity index (χ3n) is 4.00. The lowest BCUT2D eigenvalue weighted by Crippen LogP contribution is -2.45. The van der Waals surface area contributed by atoms with Gasteiger partial charge >= 0.3 is 6.03 Å². The van der Waals surface area contributed by atoms with Crippen LogP contribution in [-0.2, 0) is 4.74 Å². The largest absolute Gasteiger partial charge is 0.372 e. The highest BCUT2D eigenvalue weighted by Crippen LogP contribution is 2.22. The van der Waals surface area contributed by atoms with Crippen molar-refractivity contribution in [1.29, 1.82) is 0 Å². The summed E-state index contributed by atoms with van der Waals surface area (Å²) >= 11 is 0. The van der Waals surface area contributed by atoms with Gasteiger partial charge in [-0.25, -0.2) is 4.79 Å². The number of nitrogens with one attached hydrogen (secondary N) is 1. The number of morpholine rings is 1. The van der Waals surface area contributed by atoms with E-state index >= 15 is 0 Å². The molecule has 1 aliphatic rings. The maximum absolute atomic E-state index is 12.0. The average molecular weight is 305 g/mol. The smallest absolute Gasteiger partial charge is 0.321 e. The van der Waals surface area contributed by atoms with Crippen LogP contribution in [0.15, 0.2) is 24.3 Å². The Morgan fingerprint density at radius 1 is 1.23 bits per heavy atom. The summed E-state index contributed by atoms with van der Waals surface area (Å²) in [5, 5.41) is 2.91. The van der Waals surface area contributed by atoms with Crippen LogP contribution in [0.2, 0.25) is 0 Å². The topological polar surface area (TPSA) is 44.8 Å². The van der Waals surface area contributed by atoms with Gasteiger partial charge in [0.05, 0.1) is 12.2 Å². The molecule has 1 fully saturated rings. The van der Waals surface area contributed by atoms with E-state index in [4.69, 9.17) is 4.74 Å². The molecule has 5 nitrogen and oxygen atoms in total. The molecule has 1 aromatic rings. The molecule has 0 aliphatic carbocycles. The standard InChI is InChI=1S/C17H27N3O2/c1-12(2)19(5)17(21)18-15-6-8-16(9-7-15)20-10-13(3)22-14(4)11-20/h6-9,12-14H,10-11H2,1-5H3,(H,18,21). The molecule has 22 heavy (non-hydrogen) atoms. The molecule has 0 saturated carbocycles. The SMILES string of the molecule is CC1CN(c2ccc(NC(=O)N(C)C(C)C)cc2)CC(C)O1. The number of benzene rings is 1. The van der Waals surface area contributed by atoms with E-state index in [2.05, 4.69) is 36.2 Å². The second kappa shape index (κ2) is 7.01. The van der Waals surface area contributed by atoms with Gasteiger partial charge in [0.2, 0.25) is 0 Å². The zero-order valence-corrected chi connectivity index (χ0v) is 14.2. The Balaban J connectivity index is 2.00. The molecule has 0 bridgehead atoms. The molecular formula is C17H27N3O2. The third-order valence-corrected chi connectivity index (χ3v) is 4.00. The van der Waals surface area contributed by atoms with Gasteiger partial charge in [-0.05, 0) is 52.0 Å². The Labute approximate surface area is 133 Å². The molecular weight excluding hydrogens is 278 g/mol. The summed E-state index contributed by atoms with van der Waals surface area (Å²) in [5.41, 5.74) is 1.98. The van der Waals surface area contributed by atoms with Gasteiger partial charge in [0.25, 0.3) is 0 Å². The highest BCUT2D eigenvalue weighted by molar-refractivity contribution is 5.89. The number of nitrogens with zero attached hydrogens (tertiary/aromatic N) is 2. The van der Waals surface area contributed by atoms with E-state index in [9.17, 15) is 4.79 Å². The Bertz CT molecular complexity index is 491. The molecule has 1 saturated heterocycles. The van der Waals surface area contributed by atoms with Crippen molar-refractivity contribution >= 4 is 17.4 Å². The summed E-state index contributed by atoms with van der Waals surface area (Å²) in [6.45, 7) is 9.96. The van der Waals surface area contributed by atoms with Crippen LogP contribution in [0, 0.1) is 0 Å². The van der Waals surface area contributed by atoms with Crippen molar-refractivity contribution in [3.63, 3.8) is 0 Å². The quantitative estimate of drug-likeness (QED) is 0.933. The van der Waals surface area contributed by atoms with Crippen molar-refractivity contribution in [3.8, 4) is 0 Å². The molecule has 5 heteroatoms. The van der Waals surface area contributed by atoms with Crippen molar-refractivity contribution < 1.29 is 9.53 Å². The first-order valence-corrected chi connectivity index (χ1v) is 7.91. The number of anilines is 2. The Morgan fingerprint density at radius 3 is 2.27 bits per heavy atom. The first-order valence-electron chi connectivity index (χ1n) is 7.91. The van der Waals surface area contributed by atoms with Gasteiger partial charge in [-0.15, -0.1) is 0 Å². The Kier molecular flexibility index (Phi) is 5.29. The molecule has 2 atom stereocenters. The zero-order chi connectivity index (χ0) is 16.3. The summed E-state index contributed by atoms with van der Waals surface area (Å²) in [7, 11) is 1.80. The molecule has 1 N–H and O–H groups in total. The summed E-state index contributed by atoms with van der Waals surface area (Å²) < 4.78 is 5.76. The predicted molar refractivity (Wildman–Crippen MR) is 90.6 cm³/mol. The fourth-order valence-electron chi connectivity index (χ4n) is 2.59. The molecule has 2 amide bonds. The molecule has 0 radical (unpaired) electrons. The number of urea groups is 1. The van der Waals surface area contributed by atoms with Gasteiger partial charge in [-0.2, -0.15) is 0 Å². The van der Waals surface area contributed by atoms with Crippen molar-refractivity contribution in [1.82, 2.24) is 4.90 Å². The predicted octanol–water partition coefficient (Wildman–Crippen LogP) is 3.17. The van der Waals surface area contributed by atoms with Crippen LogP contribution in [0.1, 0.15) is 27.7 Å². The van der Waals surface area contributed by atoms with Crippen LogP contribution in [0.4, 0.5) is 16.2 Å². The molecule has 2 unspecified atom stereocenters. The number of rotatable bonds is 3. The van der Waals surface area contributed by atoms with Gasteiger partial charge in [0, 0.05) is 37.6 Å². The molecule has 0 spiro atoms. The van der Waals surface area contributed by atoms with E-state index in [0.717, 1.165) is 24.5 Å². The normalized spacial score (nSPS) is 21.8. The van der Waals surface area contributed by atoms with Crippen LogP contribution in [-0.4, -0.2) is 49.3 Å². The van der Waals surface area contributed by atoms with Crippen LogP contribution in [0.25, 0.3) is 0 Å². The average Bonchev–Trinajstić information content (AvgIpc) is 2.46. The lowest BCUT2D eigenvalue weighted by molar-refractivity contribution is -0.00521. The number of carbonyl (C=O) groups is 1. The summed E-state index contributed by atoms with van der Waals surface area (Å²) in [4.78, 5) is 16.0. The highest BCUT2D eigenvalue weighted by atomic mass is 16.5. The second-order valence-corrected chi connectivity index (χ2v) is 6.34. The minimum Gasteiger partial charge on any atom is -0.372 e. The lowest BCUT2D eigenvalue weighted by atomic mass is 10.2. The van der Waals surface area contributed by atoms with E-state index in [1.54, 1.807) is 11.9 Å². The van der Waals surface area contributed by atoms with Gasteiger partial charge in [0.1, 0.15) is 0 Å². The minimum absolute atomic E-state index is 0.0867. The van der Waals surface area contributed by atoms with Crippen molar-refractivity contribution in [2.75, 3.05) is 30.4 Å². The van der Waals surface area contributed by atoms with E-state index in [-0.39, 0.29) is 24.3 Å². The fourth-order valence-corrected chi connectivity index (χ4v) is 2.59. The van der Waals surface area contributed by atoms with Crippen molar-refractivity contribution in [2.24, 2.45) is 0 Å². The van der Waals surface area contributed by atoms with Gasteiger partial charge in [-0.1, -0.05) is 0 Å². The number of carbonyl (C=O) groups excluding carboxylic acids is 1. The van der Waals surface area contributed by atoms with E-state index in [1.807, 2.05) is 26.0 Å². The third kappa shape index (κ3) is 4.13. The van der Waals surface area contributed by atoms with Crippen LogP contribution < -0.4 is 10.2 Å². The number of amides is 2. The lowest BCUT2D eigenvalue weighted by Gasteiger charge is -2.36. The first-order chi connectivity index (χ1) is 10.4. The van der Waals surface area contributed by atoms with Crippen molar-refractivity contribution in [3.05, 3.63) is 24.3 Å². The fraction of sp³-hybridized carbons (Fsp3) is 0.588. The van der Waals surface area contributed by atoms with E-state index < -0.39 is 0 Å². The molecule has 1 aliphatic heterocycles. The van der Waals surface area contributed by atoms with Crippen LogP contribution >= 0.6 is 0 Å². The molecule has 2 rings (SSSR count). The number of hydrogen-bond acceptors (Lipinski definition) is 3. The molecule has 1 heterocycles. The summed E-state index contributed by atoms with van der Waals surface area (Å²) in [6, 6.07) is 8.09. The summed E-state index contributed by atoms with van der Waals surface area (Å²) in [6.07, 6.45) is 0.477. The van der Waals surface area contributed by atoms with Crippen LogP contribution in [0.3, 0.4) is 0 Å². The Hall–Kier alpha value is -1.75. The number of ether oxygens (including phenoxy) is 1. The van der Waals surface area contributed by atoms with Gasteiger partial charge < -0.3 is 19.9 Å². The van der Waals surface area contributed by atoms with Crippen molar-refractivity contribution in [2.45, 2.75) is 45.9 Å². The highest BCUT2D eigenvalue weighted by Gasteiger charge is 2.22. The number of hydrogen-bond donors (Lipinski definition) is 1. The summed E-state index contributed by atoms with van der Waals surface area (Å²) in [5.74, 6) is 0. The molecule has 0 aromatic heterocycles.